The van der Waals surface area contributed by atoms with Crippen LogP contribution in [0.5, 0.6) is 0 Å². The summed E-state index contributed by atoms with van der Waals surface area (Å²) in [5.41, 5.74) is 1.32. The third-order valence-corrected chi connectivity index (χ3v) is 4.69. The lowest BCUT2D eigenvalue weighted by Gasteiger charge is -2.50. The number of carbonyl (C=O) groups excluding carboxylic acids is 2. The third kappa shape index (κ3) is 3.28. The first-order chi connectivity index (χ1) is 12.6. The maximum absolute atomic E-state index is 13.1. The summed E-state index contributed by atoms with van der Waals surface area (Å²) in [6, 6.07) is 17.5. The summed E-state index contributed by atoms with van der Waals surface area (Å²) in [6.07, 6.45) is -1.56. The Kier molecular flexibility index (Phi) is 5.49. The fourth-order valence-corrected chi connectivity index (χ4v) is 3.44. The van der Waals surface area contributed by atoms with E-state index < -0.39 is 24.3 Å². The van der Waals surface area contributed by atoms with Gasteiger partial charge in [-0.1, -0.05) is 60.7 Å². The zero-order valence-corrected chi connectivity index (χ0v) is 14.9. The summed E-state index contributed by atoms with van der Waals surface area (Å²) in [6.45, 7) is 3.79. The van der Waals surface area contributed by atoms with Crippen molar-refractivity contribution in [1.29, 1.82) is 0 Å². The van der Waals surface area contributed by atoms with Crippen molar-refractivity contribution in [2.75, 3.05) is 6.61 Å². The molecule has 2 aromatic carbocycles. The number of β-lactam (4-membered cyclic amide) rings is 1. The smallest absolute Gasteiger partial charge is 0.233 e. The van der Waals surface area contributed by atoms with E-state index in [2.05, 4.69) is 0 Å². The third-order valence-electron chi connectivity index (χ3n) is 4.69. The lowest BCUT2D eigenvalue weighted by atomic mass is 9.78. The molecule has 0 spiro atoms. The van der Waals surface area contributed by atoms with Crippen LogP contribution in [-0.2, 0) is 9.53 Å². The largest absolute Gasteiger partial charge is 0.392 e. The number of Topliss-reactive ketones (excluding diaryl/α,β-unsaturated/α-hetero) is 1. The number of benzene rings is 2. The average molecular weight is 353 g/mol. The molecule has 1 saturated heterocycles. The second-order valence-electron chi connectivity index (χ2n) is 6.41. The van der Waals surface area contributed by atoms with E-state index >= 15 is 0 Å². The molecule has 0 radical (unpaired) electrons. The summed E-state index contributed by atoms with van der Waals surface area (Å²) >= 11 is 0. The molecule has 1 aliphatic rings. The molecular formula is C21H23NO4. The van der Waals surface area contributed by atoms with Crippen LogP contribution >= 0.6 is 0 Å². The number of amides is 1. The standard InChI is InChI=1S/C21H23NO4/c1-3-26-21(16-12-8-5-9-13-16)22-18(17(14(2)23)20(22)25)19(24)15-10-6-4-7-11-15/h4-14,17-18,21,23H,3H2,1-2H3/t14-,17-,18+,21?/m1/s1. The fraction of sp³-hybridized carbons (Fsp3) is 0.333. The lowest BCUT2D eigenvalue weighted by Crippen LogP contribution is -2.68. The highest BCUT2D eigenvalue weighted by atomic mass is 16.5. The Hall–Kier alpha value is -2.50. The molecular weight excluding hydrogens is 330 g/mol. The van der Waals surface area contributed by atoms with Gasteiger partial charge in [0.05, 0.1) is 12.0 Å². The van der Waals surface area contributed by atoms with Crippen LogP contribution in [0, 0.1) is 5.92 Å². The number of aliphatic hydroxyl groups is 1. The van der Waals surface area contributed by atoms with E-state index in [0.29, 0.717) is 12.2 Å². The summed E-state index contributed by atoms with van der Waals surface area (Å²) in [4.78, 5) is 27.3. The van der Waals surface area contributed by atoms with Crippen LogP contribution in [0.2, 0.25) is 0 Å². The van der Waals surface area contributed by atoms with Gasteiger partial charge >= 0.3 is 0 Å². The number of hydrogen-bond donors (Lipinski definition) is 1. The van der Waals surface area contributed by atoms with Gasteiger partial charge in [0, 0.05) is 17.7 Å². The van der Waals surface area contributed by atoms with Crippen molar-refractivity contribution < 1.29 is 19.4 Å². The van der Waals surface area contributed by atoms with Gasteiger partial charge in [0.15, 0.2) is 12.0 Å². The molecule has 0 bridgehead atoms. The average Bonchev–Trinajstić information content (AvgIpc) is 2.66. The second-order valence-corrected chi connectivity index (χ2v) is 6.41. The highest BCUT2D eigenvalue weighted by Crippen LogP contribution is 2.39. The minimum absolute atomic E-state index is 0.184. The van der Waals surface area contributed by atoms with E-state index in [-0.39, 0.29) is 11.7 Å². The molecule has 5 nitrogen and oxygen atoms in total. The molecule has 0 aliphatic carbocycles. The molecule has 1 amide bonds. The number of nitrogens with zero attached hydrogens (tertiary/aromatic N) is 1. The van der Waals surface area contributed by atoms with Gasteiger partial charge in [-0.25, -0.2) is 0 Å². The molecule has 2 aromatic rings. The highest BCUT2D eigenvalue weighted by molar-refractivity contribution is 6.08. The molecule has 5 heteroatoms. The Bertz CT molecular complexity index is 760. The SMILES string of the molecule is CCOC(c1ccccc1)N1C(=O)[C@H]([C@@H](C)O)[C@H]1C(=O)c1ccccc1. The first-order valence-corrected chi connectivity index (χ1v) is 8.82. The van der Waals surface area contributed by atoms with Crippen molar-refractivity contribution >= 4 is 11.7 Å². The highest BCUT2D eigenvalue weighted by Gasteiger charge is 2.56. The molecule has 1 heterocycles. The quantitative estimate of drug-likeness (QED) is 0.614. The number of rotatable bonds is 7. The van der Waals surface area contributed by atoms with E-state index in [0.717, 1.165) is 5.56 Å². The number of hydrogen-bond acceptors (Lipinski definition) is 4. The Morgan fingerprint density at radius 1 is 1.12 bits per heavy atom. The topological polar surface area (TPSA) is 66.8 Å². The first kappa shape index (κ1) is 18.3. The van der Waals surface area contributed by atoms with E-state index in [1.54, 1.807) is 31.2 Å². The normalized spacial score (nSPS) is 21.8. The van der Waals surface area contributed by atoms with Gasteiger partial charge in [-0.15, -0.1) is 0 Å². The molecule has 0 aromatic heterocycles. The molecule has 3 rings (SSSR count). The summed E-state index contributed by atoms with van der Waals surface area (Å²) in [5.74, 6) is -1.21. The van der Waals surface area contributed by atoms with Crippen LogP contribution in [0.4, 0.5) is 0 Å². The zero-order valence-electron chi connectivity index (χ0n) is 14.9. The summed E-state index contributed by atoms with van der Waals surface area (Å²) in [5, 5.41) is 10.1. The molecule has 1 unspecified atom stereocenters. The second kappa shape index (κ2) is 7.81. The summed E-state index contributed by atoms with van der Waals surface area (Å²) < 4.78 is 5.82. The fourth-order valence-electron chi connectivity index (χ4n) is 3.44. The zero-order chi connectivity index (χ0) is 18.7. The van der Waals surface area contributed by atoms with Gasteiger partial charge in [-0.05, 0) is 13.8 Å². The Morgan fingerprint density at radius 2 is 1.69 bits per heavy atom. The summed E-state index contributed by atoms with van der Waals surface area (Å²) in [7, 11) is 0. The molecule has 1 aliphatic heterocycles. The molecule has 4 atom stereocenters. The van der Waals surface area contributed by atoms with Crippen molar-refractivity contribution in [2.24, 2.45) is 5.92 Å². The van der Waals surface area contributed by atoms with E-state index in [4.69, 9.17) is 4.74 Å². The molecule has 1 N–H and O–H groups in total. The van der Waals surface area contributed by atoms with E-state index in [9.17, 15) is 14.7 Å². The number of aliphatic hydroxyl groups excluding tert-OH is 1. The van der Waals surface area contributed by atoms with Crippen molar-refractivity contribution in [3.8, 4) is 0 Å². The van der Waals surface area contributed by atoms with Gasteiger partial charge in [0.2, 0.25) is 5.91 Å². The minimum Gasteiger partial charge on any atom is -0.392 e. The van der Waals surface area contributed by atoms with Crippen molar-refractivity contribution in [3.63, 3.8) is 0 Å². The van der Waals surface area contributed by atoms with Crippen LogP contribution in [0.1, 0.15) is 36.0 Å². The van der Waals surface area contributed by atoms with Gasteiger partial charge in [0.25, 0.3) is 0 Å². The molecule has 136 valence electrons. The lowest BCUT2D eigenvalue weighted by molar-refractivity contribution is -0.186. The van der Waals surface area contributed by atoms with Crippen molar-refractivity contribution in [3.05, 3.63) is 71.8 Å². The first-order valence-electron chi connectivity index (χ1n) is 8.82. The maximum atomic E-state index is 13.1. The van der Waals surface area contributed by atoms with Crippen LogP contribution in [0.15, 0.2) is 60.7 Å². The van der Waals surface area contributed by atoms with Crippen LogP contribution < -0.4 is 0 Å². The number of ether oxygens (including phenoxy) is 1. The van der Waals surface area contributed by atoms with E-state index in [1.807, 2.05) is 43.3 Å². The Balaban J connectivity index is 1.97. The van der Waals surface area contributed by atoms with Crippen LogP contribution in [0.3, 0.4) is 0 Å². The predicted octanol–water partition coefficient (Wildman–Crippen LogP) is 2.81. The van der Waals surface area contributed by atoms with Gasteiger partial charge in [-0.3, -0.25) is 9.59 Å². The predicted molar refractivity (Wildman–Crippen MR) is 97.4 cm³/mol. The van der Waals surface area contributed by atoms with Gasteiger partial charge < -0.3 is 14.7 Å². The molecule has 1 fully saturated rings. The molecule has 26 heavy (non-hydrogen) atoms. The van der Waals surface area contributed by atoms with Gasteiger partial charge in [-0.2, -0.15) is 0 Å². The monoisotopic (exact) mass is 353 g/mol. The van der Waals surface area contributed by atoms with Crippen molar-refractivity contribution in [1.82, 2.24) is 4.90 Å². The minimum atomic E-state index is -0.908. The van der Waals surface area contributed by atoms with E-state index in [1.165, 1.54) is 4.90 Å². The maximum Gasteiger partial charge on any atom is 0.233 e. The number of ketones is 1. The Morgan fingerprint density at radius 3 is 2.23 bits per heavy atom. The number of carbonyl (C=O) groups is 2. The number of likely N-dealkylation sites (tertiary alicyclic amines) is 1. The molecule has 0 saturated carbocycles. The van der Waals surface area contributed by atoms with Gasteiger partial charge in [0.1, 0.15) is 6.04 Å². The Labute approximate surface area is 153 Å². The van der Waals surface area contributed by atoms with Crippen LogP contribution in [0.25, 0.3) is 0 Å². The van der Waals surface area contributed by atoms with Crippen molar-refractivity contribution in [2.45, 2.75) is 32.2 Å². The van der Waals surface area contributed by atoms with Crippen LogP contribution in [-0.4, -0.2) is 40.4 Å².